The molecule has 0 aromatic heterocycles. The quantitative estimate of drug-likeness (QED) is 0.912. The van der Waals surface area contributed by atoms with E-state index in [9.17, 15) is 23.1 Å². The summed E-state index contributed by atoms with van der Waals surface area (Å²) in [6, 6.07) is 10.1. The number of alkyl halides is 3. The Bertz CT molecular complexity index is 828. The standard InChI is InChI=1S/C19H18F3NO2/c1-3-23(4-2)17(24)12-9-10-14-13-7-5-6-8-15(13)18(25,16(14)11-12)19(20,21)22/h5-11,25H,3-4H2,1-2H3. The van der Waals surface area contributed by atoms with Gasteiger partial charge in [0.15, 0.2) is 0 Å². The molecular formula is C19H18F3NO2. The van der Waals surface area contributed by atoms with Crippen molar-refractivity contribution in [2.24, 2.45) is 0 Å². The number of halogens is 3. The summed E-state index contributed by atoms with van der Waals surface area (Å²) in [4.78, 5) is 14.0. The topological polar surface area (TPSA) is 40.5 Å². The number of benzene rings is 2. The molecule has 1 unspecified atom stereocenters. The number of aliphatic hydroxyl groups is 1. The van der Waals surface area contributed by atoms with Crippen molar-refractivity contribution in [2.75, 3.05) is 13.1 Å². The summed E-state index contributed by atoms with van der Waals surface area (Å²) in [7, 11) is 0. The summed E-state index contributed by atoms with van der Waals surface area (Å²) < 4.78 is 41.3. The lowest BCUT2D eigenvalue weighted by molar-refractivity contribution is -0.246. The van der Waals surface area contributed by atoms with Gasteiger partial charge in [-0.25, -0.2) is 0 Å². The second kappa shape index (κ2) is 5.88. The number of nitrogens with zero attached hydrogens (tertiary/aromatic N) is 1. The van der Waals surface area contributed by atoms with E-state index in [1.165, 1.54) is 35.2 Å². The van der Waals surface area contributed by atoms with E-state index in [1.54, 1.807) is 26.0 Å². The molecule has 1 atom stereocenters. The normalized spacial score (nSPS) is 18.6. The summed E-state index contributed by atoms with van der Waals surface area (Å²) >= 11 is 0. The first-order valence-corrected chi connectivity index (χ1v) is 8.08. The maximum absolute atomic E-state index is 13.8. The van der Waals surface area contributed by atoms with Crippen molar-refractivity contribution in [3.63, 3.8) is 0 Å². The van der Waals surface area contributed by atoms with Crippen LogP contribution in [0.1, 0.15) is 35.3 Å². The molecule has 1 N–H and O–H groups in total. The lowest BCUT2D eigenvalue weighted by atomic mass is 9.90. The lowest BCUT2D eigenvalue weighted by Gasteiger charge is -2.28. The van der Waals surface area contributed by atoms with Gasteiger partial charge in [0.1, 0.15) is 0 Å². The third-order valence-corrected chi connectivity index (χ3v) is 4.72. The molecule has 3 rings (SSSR count). The van der Waals surface area contributed by atoms with Crippen molar-refractivity contribution < 1.29 is 23.1 Å². The first kappa shape index (κ1) is 17.5. The summed E-state index contributed by atoms with van der Waals surface area (Å²) in [6.45, 7) is 4.51. The highest BCUT2D eigenvalue weighted by Gasteiger charge is 2.60. The van der Waals surface area contributed by atoms with Crippen molar-refractivity contribution in [3.8, 4) is 11.1 Å². The molecule has 0 saturated heterocycles. The first-order chi connectivity index (χ1) is 11.8. The number of amides is 1. The molecule has 6 heteroatoms. The van der Waals surface area contributed by atoms with E-state index in [2.05, 4.69) is 0 Å². The van der Waals surface area contributed by atoms with E-state index in [4.69, 9.17) is 0 Å². The van der Waals surface area contributed by atoms with Crippen LogP contribution in [0.4, 0.5) is 13.2 Å². The van der Waals surface area contributed by atoms with E-state index in [0.717, 1.165) is 0 Å². The fraction of sp³-hybridized carbons (Fsp3) is 0.316. The van der Waals surface area contributed by atoms with E-state index >= 15 is 0 Å². The molecule has 0 aliphatic heterocycles. The Morgan fingerprint density at radius 3 is 2.24 bits per heavy atom. The monoisotopic (exact) mass is 349 g/mol. The van der Waals surface area contributed by atoms with Gasteiger partial charge < -0.3 is 10.0 Å². The summed E-state index contributed by atoms with van der Waals surface area (Å²) in [5, 5.41) is 10.6. The lowest BCUT2D eigenvalue weighted by Crippen LogP contribution is -2.41. The zero-order valence-electron chi connectivity index (χ0n) is 13.9. The van der Waals surface area contributed by atoms with Crippen LogP contribution in [0.3, 0.4) is 0 Å². The fourth-order valence-corrected chi connectivity index (χ4v) is 3.39. The zero-order valence-corrected chi connectivity index (χ0v) is 13.9. The van der Waals surface area contributed by atoms with E-state index in [-0.39, 0.29) is 22.6 Å². The number of carbonyl (C=O) groups is 1. The van der Waals surface area contributed by atoms with Gasteiger partial charge in [-0.2, -0.15) is 13.2 Å². The molecule has 2 aromatic rings. The maximum atomic E-state index is 13.8. The maximum Gasteiger partial charge on any atom is 0.425 e. The molecule has 1 amide bonds. The van der Waals surface area contributed by atoms with Crippen molar-refractivity contribution in [1.29, 1.82) is 0 Å². The van der Waals surface area contributed by atoms with Gasteiger partial charge in [0, 0.05) is 29.8 Å². The van der Waals surface area contributed by atoms with E-state index < -0.39 is 11.8 Å². The van der Waals surface area contributed by atoms with Crippen molar-refractivity contribution in [2.45, 2.75) is 25.6 Å². The van der Waals surface area contributed by atoms with Crippen LogP contribution in [0, 0.1) is 0 Å². The molecule has 1 aliphatic rings. The predicted molar refractivity (Wildman–Crippen MR) is 88.2 cm³/mol. The van der Waals surface area contributed by atoms with Gasteiger partial charge in [0.2, 0.25) is 5.60 Å². The smallest absolute Gasteiger partial charge is 0.372 e. The van der Waals surface area contributed by atoms with Crippen molar-refractivity contribution in [1.82, 2.24) is 4.90 Å². The molecule has 0 heterocycles. The molecule has 1 aliphatic carbocycles. The van der Waals surface area contributed by atoms with Crippen molar-refractivity contribution >= 4 is 5.91 Å². The summed E-state index contributed by atoms with van der Waals surface area (Å²) in [5.41, 5.74) is -2.84. The predicted octanol–water partition coefficient (Wildman–Crippen LogP) is 3.95. The van der Waals surface area contributed by atoms with Crippen LogP contribution >= 0.6 is 0 Å². The second-order valence-corrected chi connectivity index (χ2v) is 5.99. The van der Waals surface area contributed by atoms with Crippen LogP contribution in [0.25, 0.3) is 11.1 Å². The zero-order chi connectivity index (χ0) is 18.4. The molecule has 132 valence electrons. The Hall–Kier alpha value is -2.34. The molecule has 0 saturated carbocycles. The van der Waals surface area contributed by atoms with Crippen molar-refractivity contribution in [3.05, 3.63) is 59.2 Å². The number of hydrogen-bond acceptors (Lipinski definition) is 2. The van der Waals surface area contributed by atoms with Gasteiger partial charge in [-0.1, -0.05) is 30.3 Å². The minimum absolute atomic E-state index is 0.137. The second-order valence-electron chi connectivity index (χ2n) is 5.99. The first-order valence-electron chi connectivity index (χ1n) is 8.08. The highest BCUT2D eigenvalue weighted by atomic mass is 19.4. The van der Waals surface area contributed by atoms with Crippen LogP contribution in [-0.2, 0) is 5.60 Å². The minimum Gasteiger partial charge on any atom is -0.372 e. The molecule has 0 fully saturated rings. The van der Waals surface area contributed by atoms with E-state index in [1.807, 2.05) is 0 Å². The molecule has 0 radical (unpaired) electrons. The summed E-state index contributed by atoms with van der Waals surface area (Å²) in [6.07, 6.45) is -4.90. The highest BCUT2D eigenvalue weighted by Crippen LogP contribution is 2.54. The number of rotatable bonds is 3. The van der Waals surface area contributed by atoms with Gasteiger partial charge in [-0.15, -0.1) is 0 Å². The Morgan fingerprint density at radius 1 is 1.04 bits per heavy atom. The Morgan fingerprint density at radius 2 is 1.64 bits per heavy atom. The SMILES string of the molecule is CCN(CC)C(=O)c1ccc2c(c1)C(O)(C(F)(F)F)c1ccccc1-2. The van der Waals surface area contributed by atoms with Crippen LogP contribution in [-0.4, -0.2) is 35.2 Å². The van der Waals surface area contributed by atoms with Crippen LogP contribution in [0.15, 0.2) is 42.5 Å². The molecule has 3 nitrogen and oxygen atoms in total. The summed E-state index contributed by atoms with van der Waals surface area (Å²) in [5.74, 6) is -0.353. The van der Waals surface area contributed by atoms with Gasteiger partial charge in [-0.3, -0.25) is 4.79 Å². The van der Waals surface area contributed by atoms with Crippen LogP contribution in [0.2, 0.25) is 0 Å². The van der Waals surface area contributed by atoms with Gasteiger partial charge in [0.25, 0.3) is 5.91 Å². The highest BCUT2D eigenvalue weighted by molar-refractivity contribution is 5.96. The third kappa shape index (κ3) is 2.43. The number of hydrogen-bond donors (Lipinski definition) is 1. The number of carbonyl (C=O) groups excluding carboxylic acids is 1. The molecule has 0 spiro atoms. The Balaban J connectivity index is 2.21. The molecular weight excluding hydrogens is 331 g/mol. The average Bonchev–Trinajstić information content (AvgIpc) is 2.86. The molecule has 25 heavy (non-hydrogen) atoms. The van der Waals surface area contributed by atoms with Gasteiger partial charge in [-0.05, 0) is 37.1 Å². The number of fused-ring (bicyclic) bond motifs is 3. The van der Waals surface area contributed by atoms with Gasteiger partial charge >= 0.3 is 6.18 Å². The third-order valence-electron chi connectivity index (χ3n) is 4.72. The molecule has 0 bridgehead atoms. The minimum atomic E-state index is -4.90. The van der Waals surface area contributed by atoms with E-state index in [0.29, 0.717) is 24.2 Å². The van der Waals surface area contributed by atoms with Crippen LogP contribution in [0.5, 0.6) is 0 Å². The fourth-order valence-electron chi connectivity index (χ4n) is 3.39. The largest absolute Gasteiger partial charge is 0.425 e. The van der Waals surface area contributed by atoms with Crippen LogP contribution < -0.4 is 0 Å². The Kier molecular flexibility index (Phi) is 4.11. The molecule has 2 aromatic carbocycles. The average molecular weight is 349 g/mol. The van der Waals surface area contributed by atoms with Gasteiger partial charge in [0.05, 0.1) is 0 Å². The Labute approximate surface area is 143 Å².